The first-order valence-corrected chi connectivity index (χ1v) is 17.1. The molecule has 0 radical (unpaired) electrons. The van der Waals surface area contributed by atoms with Crippen molar-refractivity contribution >= 4 is 53.3 Å². The molecule has 40 heavy (non-hydrogen) atoms. The summed E-state index contributed by atoms with van der Waals surface area (Å²) in [7, 11) is -5.67. The van der Waals surface area contributed by atoms with Gasteiger partial charge in [-0.25, -0.2) is 21.2 Å². The fourth-order valence-electron chi connectivity index (χ4n) is 4.95. The minimum absolute atomic E-state index is 0.0352. The molecule has 2 atom stereocenters. The Bertz CT molecular complexity index is 1510. The molecule has 0 aliphatic carbocycles. The van der Waals surface area contributed by atoms with Crippen LogP contribution in [-0.4, -0.2) is 82.1 Å². The standard InChI is InChI=1S/C27H32BrClFN3O5S2/c1-19(10-16-39(35,36)21-9-13-32(2)18-21)31-26(34)27(30)11-14-33(15-12-27)40(37,38)25-8-7-20(28)17-23(25)22-5-3-4-6-24(22)29/h3-8,10,16-17,19,21H,9,11-15,18H2,1-2H3,(H,31,34)/b16-10-/t19-,21+/m1/s1. The van der Waals surface area contributed by atoms with Crippen LogP contribution in [0.4, 0.5) is 4.39 Å². The van der Waals surface area contributed by atoms with Crippen molar-refractivity contribution < 1.29 is 26.0 Å². The van der Waals surface area contributed by atoms with Gasteiger partial charge in [0.1, 0.15) is 0 Å². The van der Waals surface area contributed by atoms with E-state index < -0.39 is 42.7 Å². The van der Waals surface area contributed by atoms with E-state index in [1.807, 2.05) is 11.9 Å². The summed E-state index contributed by atoms with van der Waals surface area (Å²) in [5.41, 5.74) is -1.33. The van der Waals surface area contributed by atoms with Crippen LogP contribution in [0.1, 0.15) is 26.2 Å². The third-order valence-corrected chi connectivity index (χ3v) is 12.0. The molecule has 0 unspecified atom stereocenters. The summed E-state index contributed by atoms with van der Waals surface area (Å²) in [5.74, 6) is -0.889. The smallest absolute Gasteiger partial charge is 0.258 e. The number of amides is 1. The summed E-state index contributed by atoms with van der Waals surface area (Å²) in [6.07, 6.45) is 1.22. The van der Waals surface area contributed by atoms with Crippen LogP contribution in [0.25, 0.3) is 11.1 Å². The molecule has 1 amide bonds. The van der Waals surface area contributed by atoms with Crippen molar-refractivity contribution in [2.75, 3.05) is 33.2 Å². The Morgan fingerprint density at radius 2 is 1.80 bits per heavy atom. The number of carbonyl (C=O) groups excluding carboxylic acids is 1. The molecule has 2 aromatic carbocycles. The van der Waals surface area contributed by atoms with Gasteiger partial charge in [0.25, 0.3) is 5.91 Å². The number of rotatable bonds is 8. The van der Waals surface area contributed by atoms with E-state index in [0.29, 0.717) is 40.1 Å². The zero-order chi connectivity index (χ0) is 29.3. The van der Waals surface area contributed by atoms with Gasteiger partial charge < -0.3 is 10.2 Å². The van der Waals surface area contributed by atoms with Gasteiger partial charge in [0.2, 0.25) is 10.0 Å². The molecule has 0 spiro atoms. The average Bonchev–Trinajstić information content (AvgIpc) is 3.35. The van der Waals surface area contributed by atoms with Crippen molar-refractivity contribution in [3.05, 3.63) is 63.4 Å². The van der Waals surface area contributed by atoms with Crippen molar-refractivity contribution in [2.45, 2.75) is 48.0 Å². The number of halogens is 3. The van der Waals surface area contributed by atoms with Crippen molar-refractivity contribution in [1.82, 2.24) is 14.5 Å². The normalized spacial score (nSPS) is 21.5. The Labute approximate surface area is 248 Å². The van der Waals surface area contributed by atoms with Crippen molar-refractivity contribution in [2.24, 2.45) is 0 Å². The highest BCUT2D eigenvalue weighted by molar-refractivity contribution is 9.10. The molecular formula is C27H32BrClFN3O5S2. The third kappa shape index (κ3) is 6.79. The topological polar surface area (TPSA) is 104 Å². The predicted molar refractivity (Wildman–Crippen MR) is 158 cm³/mol. The number of piperidine rings is 1. The quantitative estimate of drug-likeness (QED) is 0.445. The summed E-state index contributed by atoms with van der Waals surface area (Å²) in [6, 6.07) is 10.9. The maximum Gasteiger partial charge on any atom is 0.258 e. The van der Waals surface area contributed by atoms with Crippen molar-refractivity contribution in [3.63, 3.8) is 0 Å². The predicted octanol–water partition coefficient (Wildman–Crippen LogP) is 4.40. The second-order valence-electron chi connectivity index (χ2n) is 10.3. The second kappa shape index (κ2) is 12.2. The van der Waals surface area contributed by atoms with Crippen LogP contribution >= 0.6 is 27.5 Å². The van der Waals surface area contributed by atoms with Gasteiger partial charge in [-0.1, -0.05) is 51.8 Å². The number of benzene rings is 2. The summed E-state index contributed by atoms with van der Waals surface area (Å²) >= 11 is 9.75. The Balaban J connectivity index is 1.43. The van der Waals surface area contributed by atoms with Crippen LogP contribution in [0.5, 0.6) is 0 Å². The summed E-state index contributed by atoms with van der Waals surface area (Å²) in [5, 5.41) is 3.51. The third-order valence-electron chi connectivity index (χ3n) is 7.37. The van der Waals surface area contributed by atoms with Crippen molar-refractivity contribution in [3.8, 4) is 11.1 Å². The highest BCUT2D eigenvalue weighted by Crippen LogP contribution is 2.37. The molecular weight excluding hydrogens is 645 g/mol. The van der Waals surface area contributed by atoms with Crippen LogP contribution in [0.3, 0.4) is 0 Å². The van der Waals surface area contributed by atoms with E-state index in [0.717, 1.165) is 5.41 Å². The Kier molecular flexibility index (Phi) is 9.48. The van der Waals surface area contributed by atoms with Crippen LogP contribution < -0.4 is 5.32 Å². The van der Waals surface area contributed by atoms with Gasteiger partial charge in [-0.3, -0.25) is 4.79 Å². The fraction of sp³-hybridized carbons (Fsp3) is 0.444. The minimum atomic E-state index is -4.04. The first kappa shape index (κ1) is 31.1. The molecule has 2 aliphatic heterocycles. The number of likely N-dealkylation sites (tertiary alicyclic amines) is 1. The van der Waals surface area contributed by atoms with E-state index in [4.69, 9.17) is 11.6 Å². The van der Waals surface area contributed by atoms with Gasteiger partial charge in [0.15, 0.2) is 15.5 Å². The van der Waals surface area contributed by atoms with Gasteiger partial charge in [-0.2, -0.15) is 4.31 Å². The Morgan fingerprint density at radius 3 is 2.42 bits per heavy atom. The maximum absolute atomic E-state index is 15.7. The Morgan fingerprint density at radius 1 is 1.12 bits per heavy atom. The van der Waals surface area contributed by atoms with Crippen LogP contribution in [0.2, 0.25) is 5.02 Å². The van der Waals surface area contributed by atoms with E-state index in [-0.39, 0.29) is 30.8 Å². The summed E-state index contributed by atoms with van der Waals surface area (Å²) < 4.78 is 70.0. The molecule has 0 aromatic heterocycles. The lowest BCUT2D eigenvalue weighted by Gasteiger charge is -2.35. The molecule has 2 aromatic rings. The molecule has 2 aliphatic rings. The number of hydrogen-bond donors (Lipinski definition) is 1. The summed E-state index contributed by atoms with van der Waals surface area (Å²) in [4.78, 5) is 14.8. The fourth-order valence-corrected chi connectivity index (χ4v) is 8.75. The van der Waals surface area contributed by atoms with E-state index in [1.54, 1.807) is 43.3 Å². The zero-order valence-corrected chi connectivity index (χ0v) is 26.2. The summed E-state index contributed by atoms with van der Waals surface area (Å²) in [6.45, 7) is 2.32. The van der Waals surface area contributed by atoms with E-state index in [2.05, 4.69) is 21.2 Å². The number of sulfone groups is 1. The van der Waals surface area contributed by atoms with Gasteiger partial charge in [-0.15, -0.1) is 0 Å². The van der Waals surface area contributed by atoms with Crippen LogP contribution in [0.15, 0.2) is 63.3 Å². The van der Waals surface area contributed by atoms with Gasteiger partial charge in [0, 0.05) is 64.5 Å². The van der Waals surface area contributed by atoms with Gasteiger partial charge >= 0.3 is 0 Å². The SMILES string of the molecule is C[C@H](/C=C\S(=O)(=O)[C@H]1CCN(C)C1)NC(=O)C1(F)CCN(S(=O)(=O)c2ccc(Br)cc2-c2ccccc2Cl)CC1. The zero-order valence-electron chi connectivity index (χ0n) is 22.2. The molecule has 2 saturated heterocycles. The molecule has 2 heterocycles. The van der Waals surface area contributed by atoms with Crippen LogP contribution in [-0.2, 0) is 24.7 Å². The lowest BCUT2D eigenvalue weighted by molar-refractivity contribution is -0.135. The van der Waals surface area contributed by atoms with Gasteiger partial charge in [-0.05, 0) is 51.2 Å². The lowest BCUT2D eigenvalue weighted by Crippen LogP contribution is -2.53. The molecule has 1 N–H and O–H groups in total. The molecule has 4 rings (SSSR count). The lowest BCUT2D eigenvalue weighted by atomic mass is 9.93. The van der Waals surface area contributed by atoms with E-state index in [1.165, 1.54) is 16.4 Å². The number of hydrogen-bond acceptors (Lipinski definition) is 6. The highest BCUT2D eigenvalue weighted by atomic mass is 79.9. The first-order valence-electron chi connectivity index (χ1n) is 12.9. The molecule has 13 heteroatoms. The molecule has 2 fully saturated rings. The maximum atomic E-state index is 15.7. The number of alkyl halides is 1. The highest BCUT2D eigenvalue weighted by Gasteiger charge is 2.45. The molecule has 218 valence electrons. The molecule has 0 bridgehead atoms. The molecule has 0 saturated carbocycles. The van der Waals surface area contributed by atoms with Gasteiger partial charge in [0.05, 0.1) is 10.1 Å². The Hall–Kier alpha value is -1.83. The number of carbonyl (C=O) groups is 1. The first-order chi connectivity index (χ1) is 18.7. The van der Waals surface area contributed by atoms with Crippen LogP contribution in [0, 0.1) is 0 Å². The second-order valence-corrected chi connectivity index (χ2v) is 15.7. The van der Waals surface area contributed by atoms with E-state index in [9.17, 15) is 21.6 Å². The number of sulfonamides is 1. The monoisotopic (exact) mass is 675 g/mol. The van der Waals surface area contributed by atoms with Crippen molar-refractivity contribution in [1.29, 1.82) is 0 Å². The number of nitrogens with zero attached hydrogens (tertiary/aromatic N) is 2. The van der Waals surface area contributed by atoms with E-state index >= 15 is 4.39 Å². The number of nitrogens with one attached hydrogen (secondary N) is 1. The largest absolute Gasteiger partial charge is 0.347 e. The molecule has 8 nitrogen and oxygen atoms in total. The average molecular weight is 677 g/mol. The minimum Gasteiger partial charge on any atom is -0.347 e.